The van der Waals surface area contributed by atoms with Crippen molar-refractivity contribution < 1.29 is 14.7 Å². The SMILES string of the molecule is O=C1C[C@H](C(=O)O)C2(CCN(C3Cc4ccccc4C3)CC2)N1. The fourth-order valence-electron chi connectivity index (χ4n) is 4.68. The number of carboxylic acids is 1. The van der Waals surface area contributed by atoms with E-state index in [1.807, 2.05) is 0 Å². The molecule has 2 fully saturated rings. The van der Waals surface area contributed by atoms with Crippen LogP contribution in [-0.4, -0.2) is 46.6 Å². The van der Waals surface area contributed by atoms with Gasteiger partial charge in [-0.15, -0.1) is 0 Å². The van der Waals surface area contributed by atoms with Crippen molar-refractivity contribution in [2.45, 2.75) is 43.7 Å². The van der Waals surface area contributed by atoms with Gasteiger partial charge >= 0.3 is 5.97 Å². The van der Waals surface area contributed by atoms with Crippen LogP contribution in [0.25, 0.3) is 0 Å². The molecule has 1 atom stereocenters. The van der Waals surface area contributed by atoms with Crippen molar-refractivity contribution in [3.05, 3.63) is 35.4 Å². The molecule has 1 aromatic rings. The number of rotatable bonds is 2. The summed E-state index contributed by atoms with van der Waals surface area (Å²) in [6.45, 7) is 1.73. The van der Waals surface area contributed by atoms with Crippen LogP contribution >= 0.6 is 0 Å². The molecule has 0 unspecified atom stereocenters. The minimum absolute atomic E-state index is 0.112. The average molecular weight is 314 g/mol. The third kappa shape index (κ3) is 2.43. The molecule has 2 N–H and O–H groups in total. The van der Waals surface area contributed by atoms with Crippen LogP contribution in [0, 0.1) is 5.92 Å². The summed E-state index contributed by atoms with van der Waals surface area (Å²) < 4.78 is 0. The number of hydrogen-bond donors (Lipinski definition) is 2. The zero-order valence-corrected chi connectivity index (χ0v) is 13.1. The van der Waals surface area contributed by atoms with E-state index in [1.54, 1.807) is 0 Å². The maximum absolute atomic E-state index is 11.7. The zero-order valence-electron chi connectivity index (χ0n) is 13.1. The lowest BCUT2D eigenvalue weighted by Crippen LogP contribution is -2.57. The first-order valence-corrected chi connectivity index (χ1v) is 8.42. The Bertz CT molecular complexity index is 624. The van der Waals surface area contributed by atoms with Crippen LogP contribution in [0.4, 0.5) is 0 Å². The largest absolute Gasteiger partial charge is 0.481 e. The molecule has 1 aromatic carbocycles. The Morgan fingerprint density at radius 1 is 1.13 bits per heavy atom. The molecule has 5 nitrogen and oxygen atoms in total. The van der Waals surface area contributed by atoms with Crippen molar-refractivity contribution in [1.82, 2.24) is 10.2 Å². The number of carbonyl (C=O) groups is 2. The van der Waals surface area contributed by atoms with E-state index in [2.05, 4.69) is 34.5 Å². The number of benzene rings is 1. The van der Waals surface area contributed by atoms with Gasteiger partial charge in [0.1, 0.15) is 0 Å². The minimum Gasteiger partial charge on any atom is -0.481 e. The number of piperidine rings is 1. The van der Waals surface area contributed by atoms with E-state index in [4.69, 9.17) is 0 Å². The molecule has 2 heterocycles. The molecule has 122 valence electrons. The van der Waals surface area contributed by atoms with Gasteiger partial charge in [-0.2, -0.15) is 0 Å². The van der Waals surface area contributed by atoms with Gasteiger partial charge in [0, 0.05) is 25.6 Å². The van der Waals surface area contributed by atoms with Crippen LogP contribution in [0.2, 0.25) is 0 Å². The lowest BCUT2D eigenvalue weighted by molar-refractivity contribution is -0.144. The monoisotopic (exact) mass is 314 g/mol. The second kappa shape index (κ2) is 5.34. The fourth-order valence-corrected chi connectivity index (χ4v) is 4.68. The Balaban J connectivity index is 1.44. The summed E-state index contributed by atoms with van der Waals surface area (Å²) in [6.07, 6.45) is 3.77. The van der Waals surface area contributed by atoms with Crippen LogP contribution in [0.5, 0.6) is 0 Å². The lowest BCUT2D eigenvalue weighted by atomic mass is 9.77. The Labute approximate surface area is 135 Å². The number of nitrogens with zero attached hydrogens (tertiary/aromatic N) is 1. The first kappa shape index (κ1) is 14.7. The van der Waals surface area contributed by atoms with Gasteiger partial charge in [0.05, 0.1) is 11.5 Å². The van der Waals surface area contributed by atoms with Crippen molar-refractivity contribution >= 4 is 11.9 Å². The third-order valence-electron chi connectivity index (χ3n) is 5.98. The molecule has 23 heavy (non-hydrogen) atoms. The number of amides is 1. The molecule has 0 aromatic heterocycles. The third-order valence-corrected chi connectivity index (χ3v) is 5.98. The number of fused-ring (bicyclic) bond motifs is 1. The maximum Gasteiger partial charge on any atom is 0.309 e. The van der Waals surface area contributed by atoms with E-state index >= 15 is 0 Å². The molecular weight excluding hydrogens is 292 g/mol. The highest BCUT2D eigenvalue weighted by Crippen LogP contribution is 2.38. The second-order valence-corrected chi connectivity index (χ2v) is 7.17. The maximum atomic E-state index is 11.7. The summed E-state index contributed by atoms with van der Waals surface area (Å²) in [7, 11) is 0. The molecule has 4 rings (SSSR count). The molecule has 2 saturated heterocycles. The van der Waals surface area contributed by atoms with E-state index in [1.165, 1.54) is 11.1 Å². The number of aliphatic carboxylic acids is 1. The van der Waals surface area contributed by atoms with Crippen molar-refractivity contribution in [3.8, 4) is 0 Å². The quantitative estimate of drug-likeness (QED) is 0.861. The number of nitrogens with one attached hydrogen (secondary N) is 1. The Morgan fingerprint density at radius 3 is 2.30 bits per heavy atom. The summed E-state index contributed by atoms with van der Waals surface area (Å²) in [4.78, 5) is 25.7. The minimum atomic E-state index is -0.843. The molecule has 1 aliphatic carbocycles. The molecule has 1 amide bonds. The Kier molecular flexibility index (Phi) is 3.41. The number of likely N-dealkylation sites (tertiary alicyclic amines) is 1. The van der Waals surface area contributed by atoms with Crippen LogP contribution in [0.3, 0.4) is 0 Å². The molecule has 1 spiro atoms. The molecule has 2 aliphatic heterocycles. The van der Waals surface area contributed by atoms with Crippen molar-refractivity contribution in [2.24, 2.45) is 5.92 Å². The van der Waals surface area contributed by atoms with Crippen molar-refractivity contribution in [3.63, 3.8) is 0 Å². The van der Waals surface area contributed by atoms with Gasteiger partial charge in [0.2, 0.25) is 5.91 Å². The number of carboxylic acid groups (broad SMARTS) is 1. The predicted octanol–water partition coefficient (Wildman–Crippen LogP) is 1.21. The summed E-state index contributed by atoms with van der Waals surface area (Å²) in [5.41, 5.74) is 2.36. The Hall–Kier alpha value is -1.88. The van der Waals surface area contributed by atoms with Gasteiger partial charge < -0.3 is 10.4 Å². The van der Waals surface area contributed by atoms with Gasteiger partial charge in [-0.3, -0.25) is 14.5 Å². The Morgan fingerprint density at radius 2 is 1.74 bits per heavy atom. The highest BCUT2D eigenvalue weighted by atomic mass is 16.4. The lowest BCUT2D eigenvalue weighted by Gasteiger charge is -2.43. The standard InChI is InChI=1S/C18H22N2O3/c21-16-11-15(17(22)23)18(19-16)5-7-20(8-6-18)14-9-12-3-1-2-4-13(12)10-14/h1-4,14-15H,5-11H2,(H,19,21)(H,22,23)/t15-/m1/s1. The first-order chi connectivity index (χ1) is 11.1. The van der Waals surface area contributed by atoms with E-state index in [0.29, 0.717) is 6.04 Å². The molecule has 0 radical (unpaired) electrons. The normalized spacial score (nSPS) is 27.1. The van der Waals surface area contributed by atoms with Crippen molar-refractivity contribution in [2.75, 3.05) is 13.1 Å². The predicted molar refractivity (Wildman–Crippen MR) is 85.1 cm³/mol. The fraction of sp³-hybridized carbons (Fsp3) is 0.556. The molecular formula is C18H22N2O3. The zero-order chi connectivity index (χ0) is 16.0. The highest BCUT2D eigenvalue weighted by Gasteiger charge is 2.52. The number of hydrogen-bond acceptors (Lipinski definition) is 3. The summed E-state index contributed by atoms with van der Waals surface area (Å²) in [5.74, 6) is -1.53. The average Bonchev–Trinajstić information content (AvgIpc) is 3.09. The van der Waals surface area contributed by atoms with E-state index in [-0.39, 0.29) is 12.3 Å². The van der Waals surface area contributed by atoms with E-state index in [9.17, 15) is 14.7 Å². The summed E-state index contributed by atoms with van der Waals surface area (Å²) in [6, 6.07) is 9.12. The van der Waals surface area contributed by atoms with E-state index in [0.717, 1.165) is 38.8 Å². The van der Waals surface area contributed by atoms with E-state index < -0.39 is 17.4 Å². The second-order valence-electron chi connectivity index (χ2n) is 7.17. The van der Waals surface area contributed by atoms with Gasteiger partial charge in [-0.25, -0.2) is 0 Å². The first-order valence-electron chi connectivity index (χ1n) is 8.42. The van der Waals surface area contributed by atoms with Crippen LogP contribution < -0.4 is 5.32 Å². The molecule has 3 aliphatic rings. The van der Waals surface area contributed by atoms with Gasteiger partial charge in [-0.05, 0) is 36.8 Å². The van der Waals surface area contributed by atoms with Gasteiger partial charge in [-0.1, -0.05) is 24.3 Å². The van der Waals surface area contributed by atoms with Crippen LogP contribution in [0.1, 0.15) is 30.4 Å². The van der Waals surface area contributed by atoms with Crippen LogP contribution in [0.15, 0.2) is 24.3 Å². The molecule has 0 bridgehead atoms. The van der Waals surface area contributed by atoms with Crippen molar-refractivity contribution in [1.29, 1.82) is 0 Å². The van der Waals surface area contributed by atoms with Gasteiger partial charge in [0.25, 0.3) is 0 Å². The smallest absolute Gasteiger partial charge is 0.309 e. The van der Waals surface area contributed by atoms with Crippen LogP contribution in [-0.2, 0) is 22.4 Å². The number of carbonyl (C=O) groups excluding carboxylic acids is 1. The molecule has 5 heteroatoms. The summed E-state index contributed by atoms with van der Waals surface area (Å²) >= 11 is 0. The highest BCUT2D eigenvalue weighted by molar-refractivity contribution is 5.88. The summed E-state index contributed by atoms with van der Waals surface area (Å²) in [5, 5.41) is 12.4. The molecule has 0 saturated carbocycles. The topological polar surface area (TPSA) is 69.6 Å². The van der Waals surface area contributed by atoms with Gasteiger partial charge in [0.15, 0.2) is 0 Å².